The molecule has 0 bridgehead atoms. The molecule has 1 heterocycles. The highest BCUT2D eigenvalue weighted by Gasteiger charge is 2.47. The van der Waals surface area contributed by atoms with E-state index in [1.54, 1.807) is 54.7 Å². The van der Waals surface area contributed by atoms with Crippen molar-refractivity contribution in [2.45, 2.75) is 132 Å². The van der Waals surface area contributed by atoms with E-state index in [9.17, 15) is 28.8 Å². The molecule has 2 aromatic rings. The number of aromatic nitrogens is 1. The van der Waals surface area contributed by atoms with Gasteiger partial charge < -0.3 is 34.3 Å². The van der Waals surface area contributed by atoms with Gasteiger partial charge >= 0.3 is 18.0 Å². The summed E-state index contributed by atoms with van der Waals surface area (Å²) in [5.41, 5.74) is -0.654. The normalized spacial score (nSPS) is 14.6. The molecule has 14 heteroatoms. The molecular weight excluding hydrogens is 730 g/mol. The van der Waals surface area contributed by atoms with E-state index in [1.165, 1.54) is 16.8 Å². The van der Waals surface area contributed by atoms with E-state index in [0.29, 0.717) is 0 Å². The molecule has 0 unspecified atom stereocenters. The number of nitrogens with one attached hydrogen (secondary N) is 2. The molecule has 14 nitrogen and oxygen atoms in total. The summed E-state index contributed by atoms with van der Waals surface area (Å²) in [6.45, 7) is 23.3. The Morgan fingerprint density at radius 1 is 0.860 bits per heavy atom. The summed E-state index contributed by atoms with van der Waals surface area (Å²) in [5.74, 6) is -3.25. The number of hydrogen-bond acceptors (Lipinski definition) is 9. The van der Waals surface area contributed by atoms with Gasteiger partial charge in [0, 0.05) is 49.2 Å². The minimum atomic E-state index is -1.28. The first-order valence-electron chi connectivity index (χ1n) is 19.6. The fourth-order valence-electron chi connectivity index (χ4n) is 6.83. The largest absolute Gasteiger partial charge is 0.466 e. The van der Waals surface area contributed by atoms with Gasteiger partial charge in [-0.3, -0.25) is 24.1 Å². The number of likely N-dealkylation sites (N-methyl/N-ethyl adjacent to an activating group) is 2. The van der Waals surface area contributed by atoms with Gasteiger partial charge in [0.15, 0.2) is 0 Å². The lowest BCUT2D eigenvalue weighted by molar-refractivity contribution is -0.153. The summed E-state index contributed by atoms with van der Waals surface area (Å²) in [5, 5.41) is 6.53. The summed E-state index contributed by atoms with van der Waals surface area (Å²) in [6, 6.07) is 3.70. The van der Waals surface area contributed by atoms with E-state index >= 15 is 0 Å². The van der Waals surface area contributed by atoms with Gasteiger partial charge in [-0.15, -0.1) is 0 Å². The van der Waals surface area contributed by atoms with Crippen molar-refractivity contribution in [3.8, 4) is 0 Å². The summed E-state index contributed by atoms with van der Waals surface area (Å²) in [7, 11) is 5.05. The number of amides is 4. The third-order valence-corrected chi connectivity index (χ3v) is 9.80. The van der Waals surface area contributed by atoms with E-state index < -0.39 is 82.8 Å². The van der Waals surface area contributed by atoms with Crippen LogP contribution in [-0.4, -0.2) is 107 Å². The van der Waals surface area contributed by atoms with Crippen molar-refractivity contribution in [1.29, 1.82) is 0 Å². The number of benzene rings is 1. The van der Waals surface area contributed by atoms with E-state index in [1.807, 2.05) is 90.5 Å². The van der Waals surface area contributed by atoms with Crippen LogP contribution in [0.2, 0.25) is 0 Å². The summed E-state index contributed by atoms with van der Waals surface area (Å²) in [6.07, 6.45) is 2.47. The Bertz CT molecular complexity index is 1800. The standard InChI is InChI=1S/C43H67N5O9/c1-17-55-33(49)24-30(39(53)56-18-2)44-36(50)27(5)23-32(26(3)4)47(15)38(52)34(41(6,7)8)45-37(51)35(48(16)40(54)57-42(9,10)11)43(12,13)29-25-46(14)31-22-20-19-21-28(29)31/h19-23,25-26,30,32,34-35H,17-18,24H2,1-16H3,(H,44,50)(H,45,51)/b27-23+/t30-,32+,34+,35+/m0/s1. The number of esters is 2. The van der Waals surface area contributed by atoms with Crippen LogP contribution in [0.25, 0.3) is 10.9 Å². The van der Waals surface area contributed by atoms with E-state index in [2.05, 4.69) is 10.6 Å². The smallest absolute Gasteiger partial charge is 0.410 e. The molecule has 4 amide bonds. The molecule has 0 fully saturated rings. The third-order valence-electron chi connectivity index (χ3n) is 9.80. The molecule has 1 aromatic heterocycles. The van der Waals surface area contributed by atoms with Gasteiger partial charge in [-0.05, 0) is 64.5 Å². The molecule has 0 aliphatic heterocycles. The first-order chi connectivity index (χ1) is 26.2. The number of hydrogen-bond donors (Lipinski definition) is 2. The molecule has 0 radical (unpaired) electrons. The second-order valence-corrected chi connectivity index (χ2v) is 17.5. The van der Waals surface area contributed by atoms with Gasteiger partial charge in [0.25, 0.3) is 0 Å². The lowest BCUT2D eigenvalue weighted by atomic mass is 9.76. The number of rotatable bonds is 16. The second kappa shape index (κ2) is 19.5. The Labute approximate surface area is 339 Å². The predicted octanol–water partition coefficient (Wildman–Crippen LogP) is 5.65. The Hall–Kier alpha value is -4.88. The first kappa shape index (κ1) is 48.3. The zero-order chi connectivity index (χ0) is 43.8. The molecule has 0 saturated heterocycles. The first-order valence-corrected chi connectivity index (χ1v) is 19.6. The number of fused-ring (bicyclic) bond motifs is 1. The quantitative estimate of drug-likeness (QED) is 0.124. The number of carbonyl (C=O) groups is 6. The number of carbonyl (C=O) groups excluding carboxylic acids is 6. The molecule has 1 aromatic carbocycles. The van der Waals surface area contributed by atoms with Gasteiger partial charge in [-0.1, -0.05) is 72.7 Å². The maximum absolute atomic E-state index is 14.8. The van der Waals surface area contributed by atoms with Crippen LogP contribution >= 0.6 is 0 Å². The number of para-hydroxylation sites is 1. The summed E-state index contributed by atoms with van der Waals surface area (Å²) in [4.78, 5) is 84.2. The van der Waals surface area contributed by atoms with Crippen molar-refractivity contribution in [2.75, 3.05) is 27.3 Å². The highest BCUT2D eigenvalue weighted by Crippen LogP contribution is 2.37. The van der Waals surface area contributed by atoms with Crippen molar-refractivity contribution in [2.24, 2.45) is 18.4 Å². The summed E-state index contributed by atoms with van der Waals surface area (Å²) >= 11 is 0. The topological polar surface area (TPSA) is 166 Å². The van der Waals surface area contributed by atoms with Crippen LogP contribution in [0.5, 0.6) is 0 Å². The molecule has 57 heavy (non-hydrogen) atoms. The fourth-order valence-corrected chi connectivity index (χ4v) is 6.83. The van der Waals surface area contributed by atoms with Crippen LogP contribution in [0.4, 0.5) is 4.79 Å². The highest BCUT2D eigenvalue weighted by atomic mass is 16.6. The van der Waals surface area contributed by atoms with E-state index in [4.69, 9.17) is 14.2 Å². The second-order valence-electron chi connectivity index (χ2n) is 17.5. The van der Waals surface area contributed by atoms with Crippen molar-refractivity contribution >= 4 is 46.7 Å². The average molecular weight is 798 g/mol. The Balaban J connectivity index is 2.57. The molecule has 0 aliphatic carbocycles. The van der Waals surface area contributed by atoms with Crippen molar-refractivity contribution in [3.63, 3.8) is 0 Å². The SMILES string of the molecule is CCOC(=O)C[C@H](NC(=O)/C(C)=C/[C@H](C(C)C)N(C)C(=O)[C@@H](NC(=O)[C@@H](N(C)C(=O)OC(C)(C)C)C(C)(C)c1cn(C)c2ccccc12)C(C)(C)C)C(=O)OCC. The Morgan fingerprint density at radius 2 is 1.44 bits per heavy atom. The Kier molecular flexibility index (Phi) is 16.5. The van der Waals surface area contributed by atoms with Crippen molar-refractivity contribution in [3.05, 3.63) is 47.7 Å². The van der Waals surface area contributed by atoms with Crippen LogP contribution in [0.3, 0.4) is 0 Å². The van der Waals surface area contributed by atoms with Gasteiger partial charge in [0.05, 0.1) is 25.7 Å². The van der Waals surface area contributed by atoms with Crippen molar-refractivity contribution in [1.82, 2.24) is 25.0 Å². The van der Waals surface area contributed by atoms with E-state index in [-0.39, 0.29) is 24.7 Å². The number of ether oxygens (including phenoxy) is 3. The zero-order valence-corrected chi connectivity index (χ0v) is 37.0. The maximum Gasteiger partial charge on any atom is 0.410 e. The maximum atomic E-state index is 14.8. The average Bonchev–Trinajstić information content (AvgIpc) is 3.44. The van der Waals surface area contributed by atoms with E-state index in [0.717, 1.165) is 16.5 Å². The molecule has 0 spiro atoms. The third kappa shape index (κ3) is 12.6. The van der Waals surface area contributed by atoms with Crippen LogP contribution in [0.15, 0.2) is 42.1 Å². The number of nitrogens with zero attached hydrogens (tertiary/aromatic N) is 3. The lowest BCUT2D eigenvalue weighted by Crippen LogP contribution is -2.63. The molecule has 318 valence electrons. The molecule has 2 N–H and O–H groups in total. The molecule has 0 saturated carbocycles. The fraction of sp³-hybridized carbons (Fsp3) is 0.628. The zero-order valence-electron chi connectivity index (χ0n) is 37.0. The monoisotopic (exact) mass is 797 g/mol. The molecular formula is C43H67N5O9. The summed E-state index contributed by atoms with van der Waals surface area (Å²) < 4.78 is 17.8. The highest BCUT2D eigenvalue weighted by molar-refractivity contribution is 5.97. The number of aryl methyl sites for hydroxylation is 1. The minimum absolute atomic E-state index is 0.0510. The van der Waals surface area contributed by atoms with Gasteiger partial charge in [-0.25, -0.2) is 9.59 Å². The van der Waals surface area contributed by atoms with Crippen LogP contribution < -0.4 is 10.6 Å². The minimum Gasteiger partial charge on any atom is -0.466 e. The van der Waals surface area contributed by atoms with Crippen molar-refractivity contribution < 1.29 is 43.0 Å². The predicted molar refractivity (Wildman–Crippen MR) is 220 cm³/mol. The molecule has 4 atom stereocenters. The van der Waals surface area contributed by atoms with Crippen LogP contribution in [0, 0.1) is 11.3 Å². The van der Waals surface area contributed by atoms with Gasteiger partial charge in [0.1, 0.15) is 23.7 Å². The lowest BCUT2D eigenvalue weighted by Gasteiger charge is -2.42. The van der Waals surface area contributed by atoms with Gasteiger partial charge in [-0.2, -0.15) is 0 Å². The molecule has 2 rings (SSSR count). The Morgan fingerprint density at radius 3 is 1.96 bits per heavy atom. The molecule has 0 aliphatic rings. The van der Waals surface area contributed by atoms with Crippen LogP contribution in [-0.2, 0) is 50.6 Å². The van der Waals surface area contributed by atoms with Crippen LogP contribution in [0.1, 0.15) is 102 Å². The van der Waals surface area contributed by atoms with Gasteiger partial charge in [0.2, 0.25) is 17.7 Å².